The van der Waals surface area contributed by atoms with E-state index in [1.165, 1.54) is 24.3 Å². The van der Waals surface area contributed by atoms with Gasteiger partial charge in [-0.15, -0.1) is 0 Å². The molecule has 130 valence electrons. The van der Waals surface area contributed by atoms with Gasteiger partial charge in [0.05, 0.1) is 17.2 Å². The Morgan fingerprint density at radius 3 is 2.15 bits per heavy atom. The summed E-state index contributed by atoms with van der Waals surface area (Å²) in [4.78, 5) is 0. The molecule has 0 spiro atoms. The Hall–Kier alpha value is -3.26. The quantitative estimate of drug-likeness (QED) is 0.592. The van der Waals surface area contributed by atoms with Gasteiger partial charge < -0.3 is 4.74 Å². The van der Waals surface area contributed by atoms with Crippen LogP contribution in [0.2, 0.25) is 0 Å². The highest BCUT2D eigenvalue weighted by molar-refractivity contribution is 5.75. The molecule has 0 amide bonds. The number of rotatable bonds is 4. The van der Waals surface area contributed by atoms with E-state index in [0.717, 1.165) is 11.6 Å². The standard InChI is InChI=1S/C21H14F3NO/c22-21(23,24)19-8-4-7-17(13-25)20(19)16-9-11-18(12-10-16)26-14-15-5-2-1-3-6-15/h1-12H,14H2. The number of hydrogen-bond acceptors (Lipinski definition) is 2. The van der Waals surface area contributed by atoms with E-state index in [0.29, 0.717) is 17.9 Å². The lowest BCUT2D eigenvalue weighted by Gasteiger charge is -2.15. The Bertz CT molecular complexity index is 926. The molecule has 0 aliphatic heterocycles. The van der Waals surface area contributed by atoms with E-state index in [9.17, 15) is 18.4 Å². The smallest absolute Gasteiger partial charge is 0.417 e. The number of hydrogen-bond donors (Lipinski definition) is 0. The molecule has 0 unspecified atom stereocenters. The van der Waals surface area contributed by atoms with E-state index in [1.807, 2.05) is 36.4 Å². The second-order valence-corrected chi connectivity index (χ2v) is 5.64. The topological polar surface area (TPSA) is 33.0 Å². The first-order valence-corrected chi connectivity index (χ1v) is 7.86. The summed E-state index contributed by atoms with van der Waals surface area (Å²) in [7, 11) is 0. The zero-order chi connectivity index (χ0) is 18.6. The molecule has 0 heterocycles. The second kappa shape index (κ2) is 7.32. The fourth-order valence-electron chi connectivity index (χ4n) is 2.65. The van der Waals surface area contributed by atoms with Crippen LogP contribution in [-0.2, 0) is 12.8 Å². The summed E-state index contributed by atoms with van der Waals surface area (Å²) in [5.41, 5.74) is 0.358. The van der Waals surface area contributed by atoms with Crippen LogP contribution in [0.4, 0.5) is 13.2 Å². The first-order chi connectivity index (χ1) is 12.5. The molecular weight excluding hydrogens is 339 g/mol. The van der Waals surface area contributed by atoms with Gasteiger partial charge in [0.25, 0.3) is 0 Å². The Labute approximate surface area is 149 Å². The molecule has 2 nitrogen and oxygen atoms in total. The molecule has 3 aromatic rings. The predicted molar refractivity (Wildman–Crippen MR) is 92.4 cm³/mol. The summed E-state index contributed by atoms with van der Waals surface area (Å²) in [6.45, 7) is 0.364. The van der Waals surface area contributed by atoms with Crippen LogP contribution in [0.15, 0.2) is 72.8 Å². The minimum Gasteiger partial charge on any atom is -0.489 e. The van der Waals surface area contributed by atoms with Crippen molar-refractivity contribution >= 4 is 0 Å². The van der Waals surface area contributed by atoms with Crippen LogP contribution in [0.5, 0.6) is 5.75 Å². The van der Waals surface area contributed by atoms with Gasteiger partial charge in [0, 0.05) is 5.56 Å². The maximum atomic E-state index is 13.3. The molecule has 0 fully saturated rings. The van der Waals surface area contributed by atoms with Crippen molar-refractivity contribution in [2.75, 3.05) is 0 Å². The van der Waals surface area contributed by atoms with Gasteiger partial charge in [0.1, 0.15) is 12.4 Å². The number of ether oxygens (including phenoxy) is 1. The summed E-state index contributed by atoms with van der Waals surface area (Å²) in [5, 5.41) is 9.19. The molecule has 0 N–H and O–H groups in total. The average molecular weight is 353 g/mol. The Kier molecular flexibility index (Phi) is 4.94. The van der Waals surface area contributed by atoms with Crippen molar-refractivity contribution in [3.05, 3.63) is 89.5 Å². The highest BCUT2D eigenvalue weighted by Crippen LogP contribution is 2.39. The summed E-state index contributed by atoms with van der Waals surface area (Å²) < 4.78 is 45.6. The molecule has 0 bridgehead atoms. The molecule has 0 saturated carbocycles. The minimum atomic E-state index is -4.54. The fourth-order valence-corrected chi connectivity index (χ4v) is 2.65. The largest absolute Gasteiger partial charge is 0.489 e. The Morgan fingerprint density at radius 2 is 1.54 bits per heavy atom. The second-order valence-electron chi connectivity index (χ2n) is 5.64. The van der Waals surface area contributed by atoms with Crippen LogP contribution in [0.1, 0.15) is 16.7 Å². The summed E-state index contributed by atoms with van der Waals surface area (Å²) >= 11 is 0. The predicted octanol–water partition coefficient (Wildman–Crippen LogP) is 5.82. The normalized spacial score (nSPS) is 11.0. The summed E-state index contributed by atoms with van der Waals surface area (Å²) in [5.74, 6) is 0.542. The van der Waals surface area contributed by atoms with E-state index in [-0.39, 0.29) is 11.1 Å². The number of nitrogens with zero attached hydrogens (tertiary/aromatic N) is 1. The Morgan fingerprint density at radius 1 is 0.846 bits per heavy atom. The van der Waals surface area contributed by atoms with Crippen molar-refractivity contribution in [2.24, 2.45) is 0 Å². The van der Waals surface area contributed by atoms with Crippen LogP contribution in [0.3, 0.4) is 0 Å². The van der Waals surface area contributed by atoms with Crippen molar-refractivity contribution in [2.45, 2.75) is 12.8 Å². The van der Waals surface area contributed by atoms with E-state index in [4.69, 9.17) is 4.74 Å². The van der Waals surface area contributed by atoms with Crippen LogP contribution in [-0.4, -0.2) is 0 Å². The van der Waals surface area contributed by atoms with Crippen LogP contribution in [0.25, 0.3) is 11.1 Å². The van der Waals surface area contributed by atoms with Gasteiger partial charge in [0.15, 0.2) is 0 Å². The molecule has 0 aliphatic rings. The third-order valence-electron chi connectivity index (χ3n) is 3.88. The lowest BCUT2D eigenvalue weighted by Crippen LogP contribution is -2.08. The zero-order valence-electron chi connectivity index (χ0n) is 13.6. The molecule has 26 heavy (non-hydrogen) atoms. The van der Waals surface area contributed by atoms with Gasteiger partial charge in [0.2, 0.25) is 0 Å². The van der Waals surface area contributed by atoms with Crippen molar-refractivity contribution in [3.63, 3.8) is 0 Å². The first kappa shape index (κ1) is 17.6. The van der Waals surface area contributed by atoms with Crippen LogP contribution < -0.4 is 4.74 Å². The molecule has 0 aromatic heterocycles. The minimum absolute atomic E-state index is 0.0159. The maximum absolute atomic E-state index is 13.3. The molecule has 5 heteroatoms. The maximum Gasteiger partial charge on any atom is 0.417 e. The number of alkyl halides is 3. The van der Waals surface area contributed by atoms with Gasteiger partial charge in [-0.25, -0.2) is 0 Å². The van der Waals surface area contributed by atoms with Gasteiger partial charge in [-0.05, 0) is 35.4 Å². The third-order valence-corrected chi connectivity index (χ3v) is 3.88. The summed E-state index contributed by atoms with van der Waals surface area (Å²) in [6, 6.07) is 21.3. The first-order valence-electron chi connectivity index (χ1n) is 7.86. The van der Waals surface area contributed by atoms with E-state index >= 15 is 0 Å². The van der Waals surface area contributed by atoms with Gasteiger partial charge in [-0.3, -0.25) is 0 Å². The van der Waals surface area contributed by atoms with Gasteiger partial charge >= 0.3 is 6.18 Å². The SMILES string of the molecule is N#Cc1cccc(C(F)(F)F)c1-c1ccc(OCc2ccccc2)cc1. The molecule has 0 aliphatic carbocycles. The van der Waals surface area contributed by atoms with Crippen molar-refractivity contribution < 1.29 is 17.9 Å². The van der Waals surface area contributed by atoms with Crippen molar-refractivity contribution in [1.29, 1.82) is 5.26 Å². The van der Waals surface area contributed by atoms with Gasteiger partial charge in [-0.2, -0.15) is 18.4 Å². The van der Waals surface area contributed by atoms with E-state index in [2.05, 4.69) is 0 Å². The fraction of sp³-hybridized carbons (Fsp3) is 0.0952. The lowest BCUT2D eigenvalue weighted by molar-refractivity contribution is -0.137. The van der Waals surface area contributed by atoms with Crippen molar-refractivity contribution in [1.82, 2.24) is 0 Å². The number of nitriles is 1. The number of benzene rings is 3. The molecule has 0 atom stereocenters. The Balaban J connectivity index is 1.88. The van der Waals surface area contributed by atoms with Crippen LogP contribution >= 0.6 is 0 Å². The average Bonchev–Trinajstić information content (AvgIpc) is 2.66. The number of halogens is 3. The molecule has 3 aromatic carbocycles. The highest BCUT2D eigenvalue weighted by atomic mass is 19.4. The van der Waals surface area contributed by atoms with Crippen molar-refractivity contribution in [3.8, 4) is 22.9 Å². The summed E-state index contributed by atoms with van der Waals surface area (Å²) in [6.07, 6.45) is -4.54. The van der Waals surface area contributed by atoms with E-state index < -0.39 is 11.7 Å². The lowest BCUT2D eigenvalue weighted by atomic mass is 9.94. The van der Waals surface area contributed by atoms with Crippen LogP contribution in [0, 0.1) is 11.3 Å². The monoisotopic (exact) mass is 353 g/mol. The molecule has 3 rings (SSSR count). The molecular formula is C21H14F3NO. The molecule has 0 saturated heterocycles. The van der Waals surface area contributed by atoms with E-state index in [1.54, 1.807) is 12.1 Å². The third kappa shape index (κ3) is 3.86. The zero-order valence-corrected chi connectivity index (χ0v) is 13.6. The molecule has 0 radical (unpaired) electrons. The highest BCUT2D eigenvalue weighted by Gasteiger charge is 2.34. The van der Waals surface area contributed by atoms with Gasteiger partial charge in [-0.1, -0.05) is 48.5 Å².